The molecule has 0 aliphatic carbocycles. The topological polar surface area (TPSA) is 0 Å². The number of hydrogen-bond acceptors (Lipinski definition) is 0. The molecule has 2 aromatic rings. The van der Waals surface area contributed by atoms with Crippen LogP contribution in [0.2, 0.25) is 6.32 Å². The molecule has 0 heterocycles. The molecule has 0 unspecified atom stereocenters. The normalized spacial score (nSPS) is 10.7. The number of hydrogen-bond donors (Lipinski definition) is 0. The van der Waals surface area contributed by atoms with Gasteiger partial charge >= 0.3 is 0 Å². The summed E-state index contributed by atoms with van der Waals surface area (Å²) in [5.74, 6) is 0. The predicted molar refractivity (Wildman–Crippen MR) is 92.9 cm³/mol. The van der Waals surface area contributed by atoms with Crippen molar-refractivity contribution in [3.8, 4) is 11.1 Å². The van der Waals surface area contributed by atoms with Gasteiger partial charge in [0.15, 0.2) is 0 Å². The van der Waals surface area contributed by atoms with Gasteiger partial charge in [-0.25, -0.2) is 0 Å². The molecule has 0 N–H and O–H groups in total. The van der Waals surface area contributed by atoms with E-state index < -0.39 is 0 Å². The van der Waals surface area contributed by atoms with E-state index in [1.54, 1.807) is 0 Å². The van der Waals surface area contributed by atoms with Crippen LogP contribution in [0, 0.1) is 0 Å². The van der Waals surface area contributed by atoms with Crippen LogP contribution in [0.3, 0.4) is 0 Å². The van der Waals surface area contributed by atoms with Gasteiger partial charge in [0.25, 0.3) is 0 Å². The quantitative estimate of drug-likeness (QED) is 0.484. The second-order valence-corrected chi connectivity index (χ2v) is 5.87. The van der Waals surface area contributed by atoms with Crippen LogP contribution in [0.25, 0.3) is 11.1 Å². The summed E-state index contributed by atoms with van der Waals surface area (Å²) in [7, 11) is 5.54. The van der Waals surface area contributed by atoms with Gasteiger partial charge < -0.3 is 0 Å². The van der Waals surface area contributed by atoms with Crippen LogP contribution in [0.15, 0.2) is 48.5 Å². The SMILES string of the molecule is [B]CCCc1ccc(-c2ccc(CCCBr)cc2)cc1. The van der Waals surface area contributed by atoms with Crippen LogP contribution in [-0.4, -0.2) is 13.2 Å². The molecule has 0 aromatic heterocycles. The first kappa shape index (κ1) is 15.4. The van der Waals surface area contributed by atoms with E-state index in [0.29, 0.717) is 0 Å². The van der Waals surface area contributed by atoms with Crippen molar-refractivity contribution in [2.45, 2.75) is 32.0 Å². The van der Waals surface area contributed by atoms with Gasteiger partial charge in [0.2, 0.25) is 0 Å². The predicted octanol–water partition coefficient (Wildman–Crippen LogP) is 5.20. The Morgan fingerprint density at radius 1 is 0.700 bits per heavy atom. The lowest BCUT2D eigenvalue weighted by molar-refractivity contribution is 0.919. The summed E-state index contributed by atoms with van der Waals surface area (Å²) in [6, 6.07) is 17.8. The molecule has 0 fully saturated rings. The van der Waals surface area contributed by atoms with E-state index in [-0.39, 0.29) is 0 Å². The van der Waals surface area contributed by atoms with Gasteiger partial charge in [-0.2, -0.15) is 0 Å². The monoisotopic (exact) mass is 326 g/mol. The molecule has 2 rings (SSSR count). The van der Waals surface area contributed by atoms with Crippen LogP contribution in [0.5, 0.6) is 0 Å². The van der Waals surface area contributed by atoms with Crippen LogP contribution in [0.1, 0.15) is 24.0 Å². The molecule has 0 nitrogen and oxygen atoms in total. The average Bonchev–Trinajstić information content (AvgIpc) is 2.52. The van der Waals surface area contributed by atoms with Gasteiger partial charge in [0.1, 0.15) is 0 Å². The van der Waals surface area contributed by atoms with E-state index in [0.717, 1.165) is 30.9 Å². The molecule has 0 aliphatic heterocycles. The van der Waals surface area contributed by atoms with Crippen molar-refractivity contribution in [3.63, 3.8) is 0 Å². The number of rotatable bonds is 7. The summed E-state index contributed by atoms with van der Waals surface area (Å²) in [6.45, 7) is 0. The second-order valence-electron chi connectivity index (χ2n) is 5.08. The minimum atomic E-state index is 0.762. The third-order valence-corrected chi connectivity index (χ3v) is 4.07. The first-order valence-electron chi connectivity index (χ1n) is 7.28. The fourth-order valence-corrected chi connectivity index (χ4v) is 2.59. The van der Waals surface area contributed by atoms with Crippen molar-refractivity contribution in [1.82, 2.24) is 0 Å². The van der Waals surface area contributed by atoms with Crippen molar-refractivity contribution in [1.29, 1.82) is 0 Å². The van der Waals surface area contributed by atoms with E-state index in [4.69, 9.17) is 7.85 Å². The lowest BCUT2D eigenvalue weighted by Gasteiger charge is -2.06. The molecule has 102 valence electrons. The number of halogens is 1. The molecule has 0 saturated heterocycles. The molecule has 0 spiro atoms. The van der Waals surface area contributed by atoms with Gasteiger partial charge in [-0.05, 0) is 41.5 Å². The van der Waals surface area contributed by atoms with Crippen LogP contribution in [-0.2, 0) is 12.8 Å². The summed E-state index contributed by atoms with van der Waals surface area (Å²) in [5.41, 5.74) is 5.35. The highest BCUT2D eigenvalue weighted by molar-refractivity contribution is 9.09. The molecule has 0 bridgehead atoms. The summed E-state index contributed by atoms with van der Waals surface area (Å²) in [5, 5.41) is 1.07. The molecule has 20 heavy (non-hydrogen) atoms. The lowest BCUT2D eigenvalue weighted by Crippen LogP contribution is -1.87. The summed E-state index contributed by atoms with van der Waals surface area (Å²) >= 11 is 3.47. The van der Waals surface area contributed by atoms with E-state index in [2.05, 4.69) is 64.5 Å². The summed E-state index contributed by atoms with van der Waals surface area (Å²) < 4.78 is 0. The fourth-order valence-electron chi connectivity index (χ4n) is 2.30. The third-order valence-electron chi connectivity index (χ3n) is 3.51. The maximum absolute atomic E-state index is 5.54. The Bertz CT molecular complexity index is 452. The number of benzene rings is 2. The molecular weight excluding hydrogens is 307 g/mol. The van der Waals surface area contributed by atoms with Gasteiger partial charge in [0.05, 0.1) is 7.85 Å². The highest BCUT2D eigenvalue weighted by Gasteiger charge is 1.99. The zero-order chi connectivity index (χ0) is 14.2. The Kier molecular flexibility index (Phi) is 6.39. The van der Waals surface area contributed by atoms with Gasteiger partial charge in [-0.3, -0.25) is 0 Å². The molecule has 2 aromatic carbocycles. The van der Waals surface area contributed by atoms with Gasteiger partial charge in [-0.15, -0.1) is 0 Å². The Morgan fingerprint density at radius 3 is 1.55 bits per heavy atom. The minimum absolute atomic E-state index is 0.762. The van der Waals surface area contributed by atoms with E-state index in [1.807, 2.05) is 0 Å². The van der Waals surface area contributed by atoms with Crippen molar-refractivity contribution in [2.75, 3.05) is 5.33 Å². The first-order chi connectivity index (χ1) is 9.83. The van der Waals surface area contributed by atoms with Gasteiger partial charge in [0, 0.05) is 5.33 Å². The van der Waals surface area contributed by atoms with Crippen molar-refractivity contribution >= 4 is 23.8 Å². The van der Waals surface area contributed by atoms with E-state index in [9.17, 15) is 0 Å². The van der Waals surface area contributed by atoms with Gasteiger partial charge in [-0.1, -0.05) is 77.2 Å². The second kappa shape index (κ2) is 8.31. The Labute approximate surface area is 132 Å². The lowest BCUT2D eigenvalue weighted by atomic mass is 9.96. The smallest absolute Gasteiger partial charge is 0.0653 e. The number of alkyl halides is 1. The van der Waals surface area contributed by atoms with Crippen LogP contribution >= 0.6 is 15.9 Å². The molecule has 0 atom stereocenters. The Morgan fingerprint density at radius 2 is 1.15 bits per heavy atom. The van der Waals surface area contributed by atoms with E-state index >= 15 is 0 Å². The van der Waals surface area contributed by atoms with Crippen LogP contribution in [0.4, 0.5) is 0 Å². The zero-order valence-electron chi connectivity index (χ0n) is 11.8. The molecule has 0 saturated carbocycles. The Hall–Kier alpha value is -1.02. The first-order valence-corrected chi connectivity index (χ1v) is 8.40. The molecule has 0 amide bonds. The largest absolute Gasteiger partial charge is 0.0928 e. The minimum Gasteiger partial charge on any atom is -0.0928 e. The number of aryl methyl sites for hydroxylation is 2. The Balaban J connectivity index is 2.03. The van der Waals surface area contributed by atoms with Crippen LogP contribution < -0.4 is 0 Å². The zero-order valence-corrected chi connectivity index (χ0v) is 13.4. The molecule has 2 heteroatoms. The maximum Gasteiger partial charge on any atom is 0.0653 e. The molecule has 0 aliphatic rings. The highest BCUT2D eigenvalue weighted by atomic mass is 79.9. The standard InChI is InChI=1S/C18H20BBr/c19-13-1-3-15-5-9-17(10-6-15)18-11-7-16(8-12-18)4-2-14-20/h5-12H,1-4,13-14H2. The van der Waals surface area contributed by atoms with Crippen molar-refractivity contribution < 1.29 is 0 Å². The average molecular weight is 327 g/mol. The molecular formula is C18H20BBr. The van der Waals surface area contributed by atoms with Crippen molar-refractivity contribution in [3.05, 3.63) is 59.7 Å². The maximum atomic E-state index is 5.54. The van der Waals surface area contributed by atoms with Crippen molar-refractivity contribution in [2.24, 2.45) is 0 Å². The summed E-state index contributed by atoms with van der Waals surface area (Å²) in [6.07, 6.45) is 5.22. The summed E-state index contributed by atoms with van der Waals surface area (Å²) in [4.78, 5) is 0. The third kappa shape index (κ3) is 4.52. The molecule has 2 radical (unpaired) electrons. The highest BCUT2D eigenvalue weighted by Crippen LogP contribution is 2.21. The van der Waals surface area contributed by atoms with E-state index in [1.165, 1.54) is 28.7 Å². The fraction of sp³-hybridized carbons (Fsp3) is 0.333.